The highest BCUT2D eigenvalue weighted by molar-refractivity contribution is 7.89. The molecule has 1 unspecified atom stereocenters. The standard InChI is InChI=1S/C11H21NO5S/c1-16-8-5-9-18(14,15)12-7-4-3-6-10(12)11(13)17-2/h10H,3-9H2,1-2H3. The quantitative estimate of drug-likeness (QED) is 0.519. The first kappa shape index (κ1) is 15.4. The van der Waals surface area contributed by atoms with Crippen molar-refractivity contribution in [2.45, 2.75) is 31.7 Å². The first-order valence-electron chi connectivity index (χ1n) is 6.09. The maximum Gasteiger partial charge on any atom is 0.324 e. The summed E-state index contributed by atoms with van der Waals surface area (Å²) in [6.45, 7) is 0.797. The second kappa shape index (κ2) is 7.06. The Balaban J connectivity index is 2.73. The molecule has 1 aliphatic heterocycles. The third-order valence-electron chi connectivity index (χ3n) is 3.04. The molecule has 1 heterocycles. The number of esters is 1. The molecule has 1 fully saturated rings. The molecule has 0 aromatic carbocycles. The number of nitrogens with zero attached hydrogens (tertiary/aromatic N) is 1. The number of piperidine rings is 1. The fraction of sp³-hybridized carbons (Fsp3) is 0.909. The van der Waals surface area contributed by atoms with Crippen molar-refractivity contribution in [2.24, 2.45) is 0 Å². The van der Waals surface area contributed by atoms with Crippen LogP contribution in [0.3, 0.4) is 0 Å². The van der Waals surface area contributed by atoms with E-state index in [9.17, 15) is 13.2 Å². The van der Waals surface area contributed by atoms with Crippen LogP contribution in [0.15, 0.2) is 0 Å². The number of rotatable bonds is 6. The molecule has 0 aliphatic carbocycles. The molecule has 0 aromatic rings. The van der Waals surface area contributed by atoms with Crippen LogP contribution in [0, 0.1) is 0 Å². The topological polar surface area (TPSA) is 72.9 Å². The van der Waals surface area contributed by atoms with Crippen LogP contribution in [0.5, 0.6) is 0 Å². The number of sulfonamides is 1. The summed E-state index contributed by atoms with van der Waals surface area (Å²) in [5.41, 5.74) is 0. The molecule has 106 valence electrons. The summed E-state index contributed by atoms with van der Waals surface area (Å²) in [7, 11) is -0.590. The molecule has 7 heteroatoms. The van der Waals surface area contributed by atoms with Crippen molar-refractivity contribution in [3.63, 3.8) is 0 Å². The number of carbonyl (C=O) groups excluding carboxylic acids is 1. The smallest absolute Gasteiger partial charge is 0.324 e. The van der Waals surface area contributed by atoms with Crippen LogP contribution in [0.2, 0.25) is 0 Å². The second-order valence-corrected chi connectivity index (χ2v) is 6.35. The maximum absolute atomic E-state index is 12.2. The van der Waals surface area contributed by atoms with Crippen molar-refractivity contribution >= 4 is 16.0 Å². The Hall–Kier alpha value is -0.660. The third kappa shape index (κ3) is 3.93. The molecule has 1 atom stereocenters. The molecule has 18 heavy (non-hydrogen) atoms. The van der Waals surface area contributed by atoms with Gasteiger partial charge in [0.25, 0.3) is 0 Å². The number of hydrogen-bond donors (Lipinski definition) is 0. The Kier molecular flexibility index (Phi) is 6.04. The summed E-state index contributed by atoms with van der Waals surface area (Å²) in [4.78, 5) is 11.6. The van der Waals surface area contributed by atoms with E-state index in [0.717, 1.165) is 12.8 Å². The second-order valence-electron chi connectivity index (χ2n) is 4.31. The monoisotopic (exact) mass is 279 g/mol. The van der Waals surface area contributed by atoms with Gasteiger partial charge in [0.15, 0.2) is 0 Å². The Morgan fingerprint density at radius 2 is 2.06 bits per heavy atom. The normalized spacial score (nSPS) is 21.8. The van der Waals surface area contributed by atoms with Crippen molar-refractivity contribution in [3.05, 3.63) is 0 Å². The average Bonchev–Trinajstić information content (AvgIpc) is 2.38. The average molecular weight is 279 g/mol. The molecular weight excluding hydrogens is 258 g/mol. The van der Waals surface area contributed by atoms with Gasteiger partial charge in [0, 0.05) is 20.3 Å². The summed E-state index contributed by atoms with van der Waals surface area (Å²) in [5, 5.41) is 0. The molecule has 1 rings (SSSR count). The lowest BCUT2D eigenvalue weighted by molar-refractivity contribution is -0.146. The van der Waals surface area contributed by atoms with Crippen LogP contribution >= 0.6 is 0 Å². The van der Waals surface area contributed by atoms with Gasteiger partial charge in [-0.1, -0.05) is 0 Å². The van der Waals surface area contributed by atoms with E-state index in [1.807, 2.05) is 0 Å². The minimum absolute atomic E-state index is 0.00827. The number of carbonyl (C=O) groups is 1. The van der Waals surface area contributed by atoms with Crippen LogP contribution < -0.4 is 0 Å². The first-order valence-corrected chi connectivity index (χ1v) is 7.70. The lowest BCUT2D eigenvalue weighted by Crippen LogP contribution is -2.49. The van der Waals surface area contributed by atoms with Crippen LogP contribution in [-0.4, -0.2) is 57.9 Å². The van der Waals surface area contributed by atoms with Crippen molar-refractivity contribution in [3.8, 4) is 0 Å². The van der Waals surface area contributed by atoms with E-state index in [1.165, 1.54) is 18.5 Å². The summed E-state index contributed by atoms with van der Waals surface area (Å²) in [5.74, 6) is -0.459. The van der Waals surface area contributed by atoms with Crippen LogP contribution in [0.4, 0.5) is 0 Å². The molecule has 0 saturated carbocycles. The van der Waals surface area contributed by atoms with Gasteiger partial charge in [-0.15, -0.1) is 0 Å². The van der Waals surface area contributed by atoms with Gasteiger partial charge in [0.05, 0.1) is 12.9 Å². The van der Waals surface area contributed by atoms with Gasteiger partial charge in [-0.05, 0) is 25.7 Å². The molecule has 0 bridgehead atoms. The summed E-state index contributed by atoms with van der Waals surface area (Å²) < 4.78 is 35.1. The van der Waals surface area contributed by atoms with E-state index in [1.54, 1.807) is 0 Å². The maximum atomic E-state index is 12.2. The number of methoxy groups -OCH3 is 2. The number of hydrogen-bond acceptors (Lipinski definition) is 5. The van der Waals surface area contributed by atoms with Gasteiger partial charge < -0.3 is 9.47 Å². The lowest BCUT2D eigenvalue weighted by atomic mass is 10.1. The molecule has 1 saturated heterocycles. The molecule has 6 nitrogen and oxygen atoms in total. The number of ether oxygens (including phenoxy) is 2. The minimum Gasteiger partial charge on any atom is -0.468 e. The van der Waals surface area contributed by atoms with E-state index >= 15 is 0 Å². The van der Waals surface area contributed by atoms with E-state index in [0.29, 0.717) is 26.0 Å². The van der Waals surface area contributed by atoms with Gasteiger partial charge in [0.1, 0.15) is 6.04 Å². The zero-order valence-corrected chi connectivity index (χ0v) is 11.7. The van der Waals surface area contributed by atoms with Crippen LogP contribution in [-0.2, 0) is 24.3 Å². The van der Waals surface area contributed by atoms with E-state index in [-0.39, 0.29) is 5.75 Å². The summed E-state index contributed by atoms with van der Waals surface area (Å²) >= 11 is 0. The van der Waals surface area contributed by atoms with Gasteiger partial charge >= 0.3 is 5.97 Å². The van der Waals surface area contributed by atoms with Crippen molar-refractivity contribution in [2.75, 3.05) is 33.1 Å². The van der Waals surface area contributed by atoms with Crippen molar-refractivity contribution in [1.29, 1.82) is 0 Å². The highest BCUT2D eigenvalue weighted by atomic mass is 32.2. The zero-order valence-electron chi connectivity index (χ0n) is 10.9. The predicted octanol–water partition coefficient (Wildman–Crippen LogP) is 0.380. The third-order valence-corrected chi connectivity index (χ3v) is 4.99. The molecule has 1 aliphatic rings. The lowest BCUT2D eigenvalue weighted by Gasteiger charge is -2.32. The minimum atomic E-state index is -3.41. The Bertz CT molecular complexity index is 368. The van der Waals surface area contributed by atoms with Gasteiger partial charge in [-0.25, -0.2) is 8.42 Å². The summed E-state index contributed by atoms with van der Waals surface area (Å²) in [6.07, 6.45) is 2.61. The van der Waals surface area contributed by atoms with Crippen molar-refractivity contribution in [1.82, 2.24) is 4.31 Å². The molecular formula is C11H21NO5S. The molecule has 0 aromatic heterocycles. The van der Waals surface area contributed by atoms with Crippen LogP contribution in [0.1, 0.15) is 25.7 Å². The highest BCUT2D eigenvalue weighted by Crippen LogP contribution is 2.22. The molecule has 0 radical (unpaired) electrons. The summed E-state index contributed by atoms with van der Waals surface area (Å²) in [6, 6.07) is -0.656. The fourth-order valence-electron chi connectivity index (χ4n) is 2.11. The van der Waals surface area contributed by atoms with E-state index < -0.39 is 22.0 Å². The van der Waals surface area contributed by atoms with Crippen LogP contribution in [0.25, 0.3) is 0 Å². The van der Waals surface area contributed by atoms with E-state index in [2.05, 4.69) is 4.74 Å². The first-order chi connectivity index (χ1) is 8.53. The molecule has 0 amide bonds. The van der Waals surface area contributed by atoms with Gasteiger partial charge in [-0.2, -0.15) is 4.31 Å². The zero-order chi connectivity index (χ0) is 13.6. The predicted molar refractivity (Wildman–Crippen MR) is 66.6 cm³/mol. The van der Waals surface area contributed by atoms with Gasteiger partial charge in [0.2, 0.25) is 10.0 Å². The van der Waals surface area contributed by atoms with E-state index in [4.69, 9.17) is 4.74 Å². The Labute approximate surface area is 108 Å². The van der Waals surface area contributed by atoms with Gasteiger partial charge in [-0.3, -0.25) is 4.79 Å². The Morgan fingerprint density at radius 1 is 1.33 bits per heavy atom. The SMILES string of the molecule is COCCCS(=O)(=O)N1CCCCC1C(=O)OC. The largest absolute Gasteiger partial charge is 0.468 e. The fourth-order valence-corrected chi connectivity index (χ4v) is 3.82. The molecule has 0 spiro atoms. The Morgan fingerprint density at radius 3 is 2.67 bits per heavy atom. The molecule has 0 N–H and O–H groups in total. The van der Waals surface area contributed by atoms with Crippen molar-refractivity contribution < 1.29 is 22.7 Å². The highest BCUT2D eigenvalue weighted by Gasteiger charge is 2.36.